The molecule has 10 heteroatoms. The number of nitrogens with zero attached hydrogens (tertiary/aromatic N) is 4. The first-order valence-corrected chi connectivity index (χ1v) is 10.0. The van der Waals surface area contributed by atoms with Crippen LogP contribution in [0.3, 0.4) is 0 Å². The van der Waals surface area contributed by atoms with Crippen LogP contribution in [0.5, 0.6) is 17.2 Å². The van der Waals surface area contributed by atoms with Gasteiger partial charge in [-0.3, -0.25) is 4.79 Å². The van der Waals surface area contributed by atoms with Crippen LogP contribution in [0, 0.1) is 13.8 Å². The van der Waals surface area contributed by atoms with E-state index in [9.17, 15) is 4.79 Å². The van der Waals surface area contributed by atoms with Crippen molar-refractivity contribution in [2.45, 2.75) is 18.9 Å². The second-order valence-electron chi connectivity index (χ2n) is 6.27. The first-order chi connectivity index (χ1) is 14.5. The van der Waals surface area contributed by atoms with E-state index in [1.165, 1.54) is 33.1 Å². The lowest BCUT2D eigenvalue weighted by Crippen LogP contribution is -2.15. The molecule has 2 heterocycles. The molecule has 3 aromatic rings. The van der Waals surface area contributed by atoms with Crippen LogP contribution in [0.15, 0.2) is 35.6 Å². The van der Waals surface area contributed by atoms with Crippen LogP contribution in [-0.2, 0) is 4.79 Å². The fraction of sp³-hybridized carbons (Fsp3) is 0.300. The lowest BCUT2D eigenvalue weighted by molar-refractivity contribution is -0.113. The number of aromatic nitrogens is 4. The summed E-state index contributed by atoms with van der Waals surface area (Å²) in [6.45, 7) is 3.86. The molecule has 0 aliphatic carbocycles. The Kier molecular flexibility index (Phi) is 6.78. The maximum absolute atomic E-state index is 12.5. The fourth-order valence-electron chi connectivity index (χ4n) is 2.89. The molecule has 0 aliphatic rings. The van der Waals surface area contributed by atoms with E-state index < -0.39 is 0 Å². The van der Waals surface area contributed by atoms with Gasteiger partial charge in [-0.05, 0) is 19.9 Å². The number of rotatable bonds is 8. The first kappa shape index (κ1) is 21.4. The van der Waals surface area contributed by atoms with Gasteiger partial charge in [0.25, 0.3) is 0 Å². The molecule has 0 saturated heterocycles. The van der Waals surface area contributed by atoms with Crippen LogP contribution in [0.25, 0.3) is 5.82 Å². The third-order valence-electron chi connectivity index (χ3n) is 4.15. The van der Waals surface area contributed by atoms with Crippen molar-refractivity contribution in [1.29, 1.82) is 0 Å². The van der Waals surface area contributed by atoms with Crippen LogP contribution < -0.4 is 19.5 Å². The molecular formula is C20H23N5O4S. The van der Waals surface area contributed by atoms with E-state index in [2.05, 4.69) is 20.4 Å². The van der Waals surface area contributed by atoms with Gasteiger partial charge in [0.05, 0.1) is 32.8 Å². The summed E-state index contributed by atoms with van der Waals surface area (Å²) in [6, 6.07) is 5.31. The Morgan fingerprint density at radius 2 is 1.70 bits per heavy atom. The maximum atomic E-state index is 12.5. The highest BCUT2D eigenvalue weighted by molar-refractivity contribution is 8.00. The largest absolute Gasteiger partial charge is 0.493 e. The molecule has 158 valence electrons. The van der Waals surface area contributed by atoms with Crippen LogP contribution in [0.1, 0.15) is 11.4 Å². The normalized spacial score (nSPS) is 10.6. The van der Waals surface area contributed by atoms with Crippen molar-refractivity contribution in [3.05, 3.63) is 42.0 Å². The highest BCUT2D eigenvalue weighted by Crippen LogP contribution is 2.40. The zero-order valence-corrected chi connectivity index (χ0v) is 18.2. The standard InChI is InChI=1S/C20H23N5O4S/c1-12-8-13(2)25(24-12)19-20(22-7-6-21-19)30-11-17(26)23-14-9-15(27-3)18(29-5)16(10-14)28-4/h6-10H,11H2,1-5H3,(H,23,26). The lowest BCUT2D eigenvalue weighted by atomic mass is 10.2. The predicted octanol–water partition coefficient (Wildman–Crippen LogP) is 3.04. The van der Waals surface area contributed by atoms with Crippen molar-refractivity contribution in [2.24, 2.45) is 0 Å². The number of carbonyl (C=O) groups is 1. The molecule has 0 fully saturated rings. The summed E-state index contributed by atoms with van der Waals surface area (Å²) < 4.78 is 17.7. The van der Waals surface area contributed by atoms with Crippen LogP contribution >= 0.6 is 11.8 Å². The minimum Gasteiger partial charge on any atom is -0.493 e. The number of ether oxygens (including phenoxy) is 3. The molecule has 0 radical (unpaired) electrons. The molecular weight excluding hydrogens is 406 g/mol. The molecule has 0 bridgehead atoms. The quantitative estimate of drug-likeness (QED) is 0.546. The SMILES string of the molecule is COc1cc(NC(=O)CSc2nccnc2-n2nc(C)cc2C)cc(OC)c1OC. The van der Waals surface area contributed by atoms with Crippen LogP contribution in [0.2, 0.25) is 0 Å². The van der Waals surface area contributed by atoms with Crippen LogP contribution in [0.4, 0.5) is 5.69 Å². The van der Waals surface area contributed by atoms with E-state index in [0.29, 0.717) is 33.8 Å². The van der Waals surface area contributed by atoms with Gasteiger partial charge in [-0.15, -0.1) is 0 Å². The number of thioether (sulfide) groups is 1. The third-order valence-corrected chi connectivity index (χ3v) is 5.11. The molecule has 0 aliphatic heterocycles. The summed E-state index contributed by atoms with van der Waals surface area (Å²) in [6.07, 6.45) is 3.19. The van der Waals surface area contributed by atoms with Gasteiger partial charge in [-0.25, -0.2) is 14.6 Å². The Bertz CT molecular complexity index is 1030. The van der Waals surface area contributed by atoms with E-state index in [1.807, 2.05) is 19.9 Å². The number of benzene rings is 1. The average Bonchev–Trinajstić information content (AvgIpc) is 3.09. The smallest absolute Gasteiger partial charge is 0.234 e. The zero-order chi connectivity index (χ0) is 21.7. The molecule has 0 saturated carbocycles. The van der Waals surface area contributed by atoms with E-state index >= 15 is 0 Å². The fourth-order valence-corrected chi connectivity index (χ4v) is 3.64. The van der Waals surface area contributed by atoms with E-state index in [0.717, 1.165) is 11.4 Å². The third kappa shape index (κ3) is 4.65. The van der Waals surface area contributed by atoms with Gasteiger partial charge in [-0.1, -0.05) is 11.8 Å². The van der Waals surface area contributed by atoms with E-state index in [1.54, 1.807) is 29.2 Å². The number of hydrogen-bond acceptors (Lipinski definition) is 8. The van der Waals surface area contributed by atoms with Gasteiger partial charge in [0.1, 0.15) is 5.03 Å². The predicted molar refractivity (Wildman–Crippen MR) is 114 cm³/mol. The molecule has 1 aromatic carbocycles. The molecule has 2 aromatic heterocycles. The van der Waals surface area contributed by atoms with Crippen molar-refractivity contribution >= 4 is 23.4 Å². The summed E-state index contributed by atoms with van der Waals surface area (Å²) in [5.74, 6) is 1.90. The Morgan fingerprint density at radius 3 is 2.27 bits per heavy atom. The summed E-state index contributed by atoms with van der Waals surface area (Å²) in [4.78, 5) is 21.3. The maximum Gasteiger partial charge on any atom is 0.234 e. The molecule has 3 rings (SSSR count). The van der Waals surface area contributed by atoms with Gasteiger partial charge < -0.3 is 19.5 Å². The number of nitrogens with one attached hydrogen (secondary N) is 1. The number of aryl methyl sites for hydroxylation is 2. The number of carbonyl (C=O) groups excluding carboxylic acids is 1. The van der Waals surface area contributed by atoms with Crippen molar-refractivity contribution in [1.82, 2.24) is 19.7 Å². The number of amides is 1. The lowest BCUT2D eigenvalue weighted by Gasteiger charge is -2.14. The Labute approximate surface area is 178 Å². The monoisotopic (exact) mass is 429 g/mol. The van der Waals surface area contributed by atoms with Gasteiger partial charge in [0, 0.05) is 35.9 Å². The second kappa shape index (κ2) is 9.49. The summed E-state index contributed by atoms with van der Waals surface area (Å²) in [5, 5.41) is 7.91. The van der Waals surface area contributed by atoms with Gasteiger partial charge >= 0.3 is 0 Å². The Morgan fingerprint density at radius 1 is 1.03 bits per heavy atom. The summed E-state index contributed by atoms with van der Waals surface area (Å²) in [7, 11) is 4.57. The Balaban J connectivity index is 1.74. The van der Waals surface area contributed by atoms with Gasteiger partial charge in [0.15, 0.2) is 17.3 Å². The van der Waals surface area contributed by atoms with E-state index in [4.69, 9.17) is 14.2 Å². The van der Waals surface area contributed by atoms with Crippen molar-refractivity contribution in [3.8, 4) is 23.1 Å². The molecule has 0 spiro atoms. The van der Waals surface area contributed by atoms with Crippen molar-refractivity contribution in [3.63, 3.8) is 0 Å². The zero-order valence-electron chi connectivity index (χ0n) is 17.4. The molecule has 1 amide bonds. The van der Waals surface area contributed by atoms with Crippen molar-refractivity contribution < 1.29 is 19.0 Å². The van der Waals surface area contributed by atoms with E-state index in [-0.39, 0.29) is 11.7 Å². The first-order valence-electron chi connectivity index (χ1n) is 9.04. The van der Waals surface area contributed by atoms with Crippen molar-refractivity contribution in [2.75, 3.05) is 32.4 Å². The molecule has 30 heavy (non-hydrogen) atoms. The molecule has 0 atom stereocenters. The average molecular weight is 430 g/mol. The highest BCUT2D eigenvalue weighted by atomic mass is 32.2. The van der Waals surface area contributed by atoms with Gasteiger partial charge in [-0.2, -0.15) is 5.10 Å². The number of anilines is 1. The minimum absolute atomic E-state index is 0.141. The Hall–Kier alpha value is -3.27. The van der Waals surface area contributed by atoms with Crippen LogP contribution in [-0.4, -0.2) is 52.7 Å². The highest BCUT2D eigenvalue weighted by Gasteiger charge is 2.16. The van der Waals surface area contributed by atoms with Gasteiger partial charge in [0.2, 0.25) is 11.7 Å². The molecule has 9 nitrogen and oxygen atoms in total. The molecule has 0 unspecified atom stereocenters. The molecule has 1 N–H and O–H groups in total. The second-order valence-corrected chi connectivity index (χ2v) is 7.24. The number of methoxy groups -OCH3 is 3. The number of hydrogen-bond donors (Lipinski definition) is 1. The minimum atomic E-state index is -0.209. The summed E-state index contributed by atoms with van der Waals surface area (Å²) in [5.41, 5.74) is 2.36. The summed E-state index contributed by atoms with van der Waals surface area (Å²) >= 11 is 1.28. The topological polar surface area (TPSA) is 100 Å².